The van der Waals surface area contributed by atoms with Crippen LogP contribution >= 0.6 is 11.3 Å². The topological polar surface area (TPSA) is 102 Å². The van der Waals surface area contributed by atoms with E-state index in [1.807, 2.05) is 6.07 Å². The highest BCUT2D eigenvalue weighted by atomic mass is 32.2. The van der Waals surface area contributed by atoms with Crippen molar-refractivity contribution in [3.05, 3.63) is 96.4 Å². The van der Waals surface area contributed by atoms with Gasteiger partial charge in [-0.3, -0.25) is 14.0 Å². The molecule has 2 aromatic heterocycles. The zero-order valence-corrected chi connectivity index (χ0v) is 23.0. The van der Waals surface area contributed by atoms with Crippen LogP contribution in [-0.2, 0) is 16.6 Å². The van der Waals surface area contributed by atoms with Crippen molar-refractivity contribution in [1.82, 2.24) is 4.98 Å². The molecular formula is C28H25N3O6S2. The van der Waals surface area contributed by atoms with E-state index >= 15 is 0 Å². The molecule has 0 unspecified atom stereocenters. The van der Waals surface area contributed by atoms with Gasteiger partial charge in [-0.05, 0) is 60.7 Å². The Bertz CT molecular complexity index is 1660. The fraction of sp³-hybridized carbons (Fsp3) is 0.143. The number of nitrogens with zero attached hydrogens (tertiary/aromatic N) is 3. The molecule has 3 aromatic carbocycles. The molecule has 2 heterocycles. The SMILES string of the molecule is COc1ccc(OC)c2sc(N(Cc3ccco3)C(=O)c3ccc(S(=O)(=O)N(C)c4ccccc4)cc3)nc12. The Labute approximate surface area is 229 Å². The zero-order valence-electron chi connectivity index (χ0n) is 21.4. The Morgan fingerprint density at radius 2 is 1.62 bits per heavy atom. The Kier molecular flexibility index (Phi) is 7.27. The molecule has 0 aliphatic rings. The maximum Gasteiger partial charge on any atom is 0.264 e. The highest BCUT2D eigenvalue weighted by molar-refractivity contribution is 7.92. The molecule has 0 radical (unpaired) electrons. The van der Waals surface area contributed by atoms with Crippen LogP contribution < -0.4 is 18.7 Å². The Hall–Kier alpha value is -4.35. The van der Waals surface area contributed by atoms with Gasteiger partial charge < -0.3 is 13.9 Å². The molecule has 5 aromatic rings. The number of methoxy groups -OCH3 is 2. The van der Waals surface area contributed by atoms with E-state index in [-0.39, 0.29) is 17.3 Å². The first kappa shape index (κ1) is 26.3. The van der Waals surface area contributed by atoms with Crippen LogP contribution in [-0.4, -0.2) is 40.6 Å². The van der Waals surface area contributed by atoms with Crippen molar-refractivity contribution in [2.45, 2.75) is 11.4 Å². The average Bonchev–Trinajstić information content (AvgIpc) is 3.65. The van der Waals surface area contributed by atoms with Crippen molar-refractivity contribution >= 4 is 48.3 Å². The number of para-hydroxylation sites is 1. The molecule has 39 heavy (non-hydrogen) atoms. The summed E-state index contributed by atoms with van der Waals surface area (Å²) in [6.45, 7) is 0.118. The summed E-state index contributed by atoms with van der Waals surface area (Å²) in [5, 5.41) is 0.412. The molecular weight excluding hydrogens is 538 g/mol. The summed E-state index contributed by atoms with van der Waals surface area (Å²) in [7, 11) is 0.784. The second kappa shape index (κ2) is 10.8. The molecule has 0 saturated heterocycles. The number of carbonyl (C=O) groups excluding carboxylic acids is 1. The van der Waals surface area contributed by atoms with Crippen LogP contribution in [0.5, 0.6) is 11.5 Å². The number of anilines is 2. The van der Waals surface area contributed by atoms with Gasteiger partial charge in [0.05, 0.1) is 37.6 Å². The predicted molar refractivity (Wildman–Crippen MR) is 150 cm³/mol. The number of hydrogen-bond acceptors (Lipinski definition) is 8. The van der Waals surface area contributed by atoms with Gasteiger partial charge >= 0.3 is 0 Å². The van der Waals surface area contributed by atoms with Crippen molar-refractivity contribution in [2.75, 3.05) is 30.5 Å². The Morgan fingerprint density at radius 1 is 0.923 bits per heavy atom. The maximum absolute atomic E-state index is 13.8. The number of thiazole rings is 1. The van der Waals surface area contributed by atoms with Crippen molar-refractivity contribution in [1.29, 1.82) is 0 Å². The Balaban J connectivity index is 1.50. The second-order valence-corrected chi connectivity index (χ2v) is 11.4. The van der Waals surface area contributed by atoms with Crippen LogP contribution in [0, 0.1) is 0 Å². The van der Waals surface area contributed by atoms with Gasteiger partial charge in [-0.2, -0.15) is 0 Å². The van der Waals surface area contributed by atoms with Gasteiger partial charge in [-0.1, -0.05) is 29.5 Å². The minimum absolute atomic E-state index is 0.0671. The van der Waals surface area contributed by atoms with Crippen molar-refractivity contribution < 1.29 is 27.1 Å². The second-order valence-electron chi connectivity index (χ2n) is 8.45. The molecule has 1 amide bonds. The van der Waals surface area contributed by atoms with E-state index in [0.717, 1.165) is 4.70 Å². The van der Waals surface area contributed by atoms with Crippen molar-refractivity contribution in [3.63, 3.8) is 0 Å². The van der Waals surface area contributed by atoms with Crippen LogP contribution in [0.2, 0.25) is 0 Å². The fourth-order valence-corrected chi connectivity index (χ4v) is 6.30. The number of benzene rings is 3. The first-order valence-electron chi connectivity index (χ1n) is 11.8. The number of hydrogen-bond donors (Lipinski definition) is 0. The highest BCUT2D eigenvalue weighted by Gasteiger charge is 2.26. The van der Waals surface area contributed by atoms with Crippen LogP contribution in [0.25, 0.3) is 10.2 Å². The van der Waals surface area contributed by atoms with Crippen LogP contribution in [0.1, 0.15) is 16.1 Å². The van der Waals surface area contributed by atoms with Crippen LogP contribution in [0.4, 0.5) is 10.8 Å². The minimum atomic E-state index is -3.83. The average molecular weight is 564 g/mol. The van der Waals surface area contributed by atoms with E-state index in [4.69, 9.17) is 18.9 Å². The van der Waals surface area contributed by atoms with Gasteiger partial charge in [0, 0.05) is 12.6 Å². The number of fused-ring (bicyclic) bond motifs is 1. The van der Waals surface area contributed by atoms with Gasteiger partial charge in [0.25, 0.3) is 15.9 Å². The number of furan rings is 1. The van der Waals surface area contributed by atoms with Crippen LogP contribution in [0.3, 0.4) is 0 Å². The van der Waals surface area contributed by atoms with E-state index < -0.39 is 10.0 Å². The summed E-state index contributed by atoms with van der Waals surface area (Å²) in [5.74, 6) is 1.35. The normalized spacial score (nSPS) is 11.4. The smallest absolute Gasteiger partial charge is 0.264 e. The first-order chi connectivity index (χ1) is 18.8. The highest BCUT2D eigenvalue weighted by Crippen LogP contribution is 2.40. The van der Waals surface area contributed by atoms with Gasteiger partial charge in [0.15, 0.2) is 5.13 Å². The number of sulfonamides is 1. The third-order valence-corrected chi connectivity index (χ3v) is 9.04. The van der Waals surface area contributed by atoms with Gasteiger partial charge in [0.2, 0.25) is 0 Å². The number of carbonyl (C=O) groups is 1. The molecule has 0 fully saturated rings. The molecule has 0 bridgehead atoms. The lowest BCUT2D eigenvalue weighted by Gasteiger charge is -2.21. The van der Waals surface area contributed by atoms with E-state index in [0.29, 0.717) is 39.2 Å². The van der Waals surface area contributed by atoms with Crippen LogP contribution in [0.15, 0.2) is 94.4 Å². The molecule has 0 aliphatic carbocycles. The largest absolute Gasteiger partial charge is 0.495 e. The van der Waals surface area contributed by atoms with E-state index in [1.54, 1.807) is 62.8 Å². The summed E-state index contributed by atoms with van der Waals surface area (Å²) >= 11 is 1.28. The molecule has 200 valence electrons. The summed E-state index contributed by atoms with van der Waals surface area (Å²) in [4.78, 5) is 20.1. The third-order valence-electron chi connectivity index (χ3n) is 6.15. The molecule has 0 spiro atoms. The molecule has 9 nitrogen and oxygen atoms in total. The van der Waals surface area contributed by atoms with Crippen molar-refractivity contribution in [3.8, 4) is 11.5 Å². The number of rotatable bonds is 9. The monoisotopic (exact) mass is 563 g/mol. The van der Waals surface area contributed by atoms with E-state index in [2.05, 4.69) is 0 Å². The van der Waals surface area contributed by atoms with Crippen molar-refractivity contribution in [2.24, 2.45) is 0 Å². The van der Waals surface area contributed by atoms with E-state index in [9.17, 15) is 13.2 Å². The third kappa shape index (κ3) is 5.06. The van der Waals surface area contributed by atoms with Gasteiger partial charge in [-0.15, -0.1) is 0 Å². The quantitative estimate of drug-likeness (QED) is 0.231. The number of aromatic nitrogens is 1. The standard InChI is InChI=1S/C28H25N3O6S2/c1-30(20-8-5-4-6-9-20)39(33,34)22-13-11-19(12-14-22)27(32)31(18-21-10-7-17-37-21)28-29-25-23(35-2)15-16-24(36-3)26(25)38-28/h4-17H,18H2,1-3H3. The van der Waals surface area contributed by atoms with Gasteiger partial charge in [0.1, 0.15) is 27.5 Å². The summed E-state index contributed by atoms with van der Waals surface area (Å²) < 4.78 is 44.8. The molecule has 11 heteroatoms. The molecule has 0 N–H and O–H groups in total. The maximum atomic E-state index is 13.8. The molecule has 0 atom stereocenters. The molecule has 0 saturated carbocycles. The first-order valence-corrected chi connectivity index (χ1v) is 14.1. The zero-order chi connectivity index (χ0) is 27.6. The lowest BCUT2D eigenvalue weighted by molar-refractivity contribution is 0.0983. The summed E-state index contributed by atoms with van der Waals surface area (Å²) in [5.41, 5.74) is 1.39. The van der Waals surface area contributed by atoms with Gasteiger partial charge in [-0.25, -0.2) is 13.4 Å². The number of ether oxygens (including phenoxy) is 2. The predicted octanol–water partition coefficient (Wildman–Crippen LogP) is 5.58. The fourth-order valence-electron chi connectivity index (χ4n) is 4.03. The lowest BCUT2D eigenvalue weighted by atomic mass is 10.2. The Morgan fingerprint density at radius 3 is 2.26 bits per heavy atom. The van der Waals surface area contributed by atoms with E-state index in [1.165, 1.54) is 58.1 Å². The molecule has 5 rings (SSSR count). The summed E-state index contributed by atoms with van der Waals surface area (Å²) in [6.07, 6.45) is 1.53. The summed E-state index contributed by atoms with van der Waals surface area (Å²) in [6, 6.07) is 21.7. The minimum Gasteiger partial charge on any atom is -0.495 e. The molecule has 0 aliphatic heterocycles. The number of amides is 1. The lowest BCUT2D eigenvalue weighted by Crippen LogP contribution is -2.30.